The molecule has 1 aromatic rings. The minimum Gasteiger partial charge on any atom is -0.406 e. The molecule has 3 N–H and O–H groups in total. The molecule has 1 atom stereocenters. The number of urea groups is 1. The Morgan fingerprint density at radius 3 is 2.32 bits per heavy atom. The van der Waals surface area contributed by atoms with Crippen LogP contribution in [-0.2, 0) is 11.3 Å². The highest BCUT2D eigenvalue weighted by Crippen LogP contribution is 2.23. The number of carbonyl (C=O) groups is 2. The van der Waals surface area contributed by atoms with Gasteiger partial charge in [-0.25, -0.2) is 4.79 Å². The van der Waals surface area contributed by atoms with Crippen LogP contribution in [0.3, 0.4) is 0 Å². The number of amides is 3. The second-order valence-electron chi connectivity index (χ2n) is 4.64. The first kappa shape index (κ1) is 17.8. The van der Waals surface area contributed by atoms with Crippen molar-refractivity contribution in [3.05, 3.63) is 29.8 Å². The highest BCUT2D eigenvalue weighted by atomic mass is 19.4. The van der Waals surface area contributed by atoms with Crippen LogP contribution in [0.1, 0.15) is 12.5 Å². The smallest absolute Gasteiger partial charge is 0.406 e. The van der Waals surface area contributed by atoms with Gasteiger partial charge >= 0.3 is 12.4 Å². The number of ether oxygens (including phenoxy) is 1. The monoisotopic (exact) mass is 319 g/mol. The number of likely N-dealkylation sites (N-methyl/N-ethyl adjacent to an activating group) is 1. The Morgan fingerprint density at radius 2 is 1.86 bits per heavy atom. The lowest BCUT2D eigenvalue weighted by molar-refractivity contribution is -0.274. The standard InChI is InChI=1S/C13H16F3N3O3/c1-8(11(20)18-12(17)21)19(2)7-9-3-5-10(6-4-9)22-13(14,15)16/h3-6,8H,7H2,1-2H3,(H3,17,18,20,21)/t8-/m0/s1. The third-order valence-corrected chi connectivity index (χ3v) is 2.88. The van der Waals surface area contributed by atoms with E-state index in [0.717, 1.165) is 0 Å². The summed E-state index contributed by atoms with van der Waals surface area (Å²) in [5.41, 5.74) is 5.53. The van der Waals surface area contributed by atoms with Gasteiger partial charge < -0.3 is 10.5 Å². The van der Waals surface area contributed by atoms with Crippen LogP contribution in [0.5, 0.6) is 5.75 Å². The number of imide groups is 1. The van der Waals surface area contributed by atoms with Gasteiger partial charge in [-0.15, -0.1) is 13.2 Å². The zero-order valence-corrected chi connectivity index (χ0v) is 12.0. The van der Waals surface area contributed by atoms with E-state index in [0.29, 0.717) is 12.1 Å². The quantitative estimate of drug-likeness (QED) is 0.863. The Labute approximate surface area is 125 Å². The van der Waals surface area contributed by atoms with E-state index in [1.54, 1.807) is 18.9 Å². The molecule has 0 aliphatic carbocycles. The third kappa shape index (κ3) is 6.00. The Kier molecular flexibility index (Phi) is 5.75. The second kappa shape index (κ2) is 7.12. The number of hydrogen-bond donors (Lipinski definition) is 2. The minimum absolute atomic E-state index is 0.291. The van der Waals surface area contributed by atoms with E-state index in [9.17, 15) is 22.8 Å². The predicted octanol–water partition coefficient (Wildman–Crippen LogP) is 1.60. The topological polar surface area (TPSA) is 84.7 Å². The largest absolute Gasteiger partial charge is 0.573 e. The molecule has 0 aromatic heterocycles. The summed E-state index contributed by atoms with van der Waals surface area (Å²) < 4.78 is 39.9. The number of primary amides is 1. The number of benzene rings is 1. The molecule has 1 rings (SSSR count). The fraction of sp³-hybridized carbons (Fsp3) is 0.385. The summed E-state index contributed by atoms with van der Waals surface area (Å²) in [5, 5.41) is 1.96. The van der Waals surface area contributed by atoms with Crippen molar-refractivity contribution in [2.24, 2.45) is 5.73 Å². The van der Waals surface area contributed by atoms with Gasteiger partial charge in [-0.1, -0.05) is 12.1 Å². The molecule has 6 nitrogen and oxygen atoms in total. The van der Waals surface area contributed by atoms with E-state index in [-0.39, 0.29) is 5.75 Å². The highest BCUT2D eigenvalue weighted by Gasteiger charge is 2.31. The zero-order valence-electron chi connectivity index (χ0n) is 12.0. The fourth-order valence-corrected chi connectivity index (χ4v) is 1.65. The molecular formula is C13H16F3N3O3. The lowest BCUT2D eigenvalue weighted by Crippen LogP contribution is -2.46. The summed E-state index contributed by atoms with van der Waals surface area (Å²) >= 11 is 0. The lowest BCUT2D eigenvalue weighted by Gasteiger charge is -2.23. The summed E-state index contributed by atoms with van der Waals surface area (Å²) in [6, 6.07) is 3.69. The number of halogens is 3. The molecule has 1 aromatic carbocycles. The molecule has 0 radical (unpaired) electrons. The number of nitrogens with zero attached hydrogens (tertiary/aromatic N) is 1. The Morgan fingerprint density at radius 1 is 1.32 bits per heavy atom. The predicted molar refractivity (Wildman–Crippen MR) is 71.8 cm³/mol. The first-order chi connectivity index (χ1) is 10.1. The van der Waals surface area contributed by atoms with E-state index in [4.69, 9.17) is 5.73 Å². The maximum atomic E-state index is 12.0. The molecule has 122 valence electrons. The summed E-state index contributed by atoms with van der Waals surface area (Å²) in [6.45, 7) is 1.86. The zero-order chi connectivity index (χ0) is 16.9. The van der Waals surface area contributed by atoms with Crippen LogP contribution in [-0.4, -0.2) is 36.3 Å². The molecular weight excluding hydrogens is 303 g/mol. The van der Waals surface area contributed by atoms with Crippen molar-refractivity contribution in [3.8, 4) is 5.75 Å². The van der Waals surface area contributed by atoms with Crippen LogP contribution in [0.4, 0.5) is 18.0 Å². The van der Waals surface area contributed by atoms with Crippen LogP contribution in [0.25, 0.3) is 0 Å². The van der Waals surface area contributed by atoms with Gasteiger partial charge in [0, 0.05) is 6.54 Å². The molecule has 0 bridgehead atoms. The third-order valence-electron chi connectivity index (χ3n) is 2.88. The number of rotatable bonds is 5. The van der Waals surface area contributed by atoms with Gasteiger partial charge in [0.05, 0.1) is 6.04 Å². The molecule has 0 heterocycles. The molecule has 0 aliphatic heterocycles. The van der Waals surface area contributed by atoms with Crippen molar-refractivity contribution in [2.75, 3.05) is 7.05 Å². The van der Waals surface area contributed by atoms with E-state index in [1.165, 1.54) is 24.3 Å². The molecule has 0 saturated heterocycles. The van der Waals surface area contributed by atoms with Gasteiger partial charge in [-0.2, -0.15) is 0 Å². The van der Waals surface area contributed by atoms with Crippen molar-refractivity contribution >= 4 is 11.9 Å². The van der Waals surface area contributed by atoms with Crippen LogP contribution >= 0.6 is 0 Å². The molecule has 22 heavy (non-hydrogen) atoms. The summed E-state index contributed by atoms with van der Waals surface area (Å²) in [7, 11) is 1.63. The fourth-order valence-electron chi connectivity index (χ4n) is 1.65. The van der Waals surface area contributed by atoms with E-state index >= 15 is 0 Å². The number of carbonyl (C=O) groups excluding carboxylic acids is 2. The first-order valence-electron chi connectivity index (χ1n) is 6.23. The normalized spacial score (nSPS) is 12.8. The first-order valence-corrected chi connectivity index (χ1v) is 6.23. The Balaban J connectivity index is 2.63. The van der Waals surface area contributed by atoms with E-state index < -0.39 is 24.3 Å². The molecule has 0 aliphatic rings. The van der Waals surface area contributed by atoms with Crippen molar-refractivity contribution in [2.45, 2.75) is 25.9 Å². The maximum Gasteiger partial charge on any atom is 0.573 e. The summed E-state index contributed by atoms with van der Waals surface area (Å²) in [6.07, 6.45) is -4.74. The van der Waals surface area contributed by atoms with E-state index in [2.05, 4.69) is 4.74 Å². The van der Waals surface area contributed by atoms with Gasteiger partial charge in [0.25, 0.3) is 0 Å². The van der Waals surface area contributed by atoms with Gasteiger partial charge in [-0.3, -0.25) is 15.0 Å². The van der Waals surface area contributed by atoms with Crippen molar-refractivity contribution < 1.29 is 27.5 Å². The molecule has 9 heteroatoms. The molecule has 0 unspecified atom stereocenters. The molecule has 3 amide bonds. The average molecular weight is 319 g/mol. The van der Waals surface area contributed by atoms with Crippen LogP contribution in [0, 0.1) is 0 Å². The minimum atomic E-state index is -4.74. The summed E-state index contributed by atoms with van der Waals surface area (Å²) in [5.74, 6) is -0.884. The number of nitrogens with two attached hydrogens (primary N) is 1. The second-order valence-corrected chi connectivity index (χ2v) is 4.64. The van der Waals surface area contributed by atoms with Crippen LogP contribution < -0.4 is 15.8 Å². The molecule has 0 saturated carbocycles. The van der Waals surface area contributed by atoms with Gasteiger partial charge in [0.15, 0.2) is 0 Å². The molecule has 0 fully saturated rings. The summed E-state index contributed by atoms with van der Waals surface area (Å²) in [4.78, 5) is 23.8. The Bertz CT molecular complexity index is 532. The molecule has 0 spiro atoms. The highest BCUT2D eigenvalue weighted by molar-refractivity contribution is 5.96. The SMILES string of the molecule is C[C@@H](C(=O)NC(N)=O)N(C)Cc1ccc(OC(F)(F)F)cc1. The van der Waals surface area contributed by atoms with E-state index in [1.807, 2.05) is 5.32 Å². The lowest BCUT2D eigenvalue weighted by atomic mass is 10.2. The van der Waals surface area contributed by atoms with Crippen molar-refractivity contribution in [1.82, 2.24) is 10.2 Å². The van der Waals surface area contributed by atoms with Crippen molar-refractivity contribution in [3.63, 3.8) is 0 Å². The number of alkyl halides is 3. The van der Waals surface area contributed by atoms with Crippen molar-refractivity contribution in [1.29, 1.82) is 0 Å². The van der Waals surface area contributed by atoms with Crippen LogP contribution in [0.15, 0.2) is 24.3 Å². The number of hydrogen-bond acceptors (Lipinski definition) is 4. The average Bonchev–Trinajstić information content (AvgIpc) is 2.37. The van der Waals surface area contributed by atoms with Gasteiger partial charge in [0.1, 0.15) is 5.75 Å². The van der Waals surface area contributed by atoms with Gasteiger partial charge in [0.2, 0.25) is 5.91 Å². The Hall–Kier alpha value is -2.29. The maximum absolute atomic E-state index is 12.0. The van der Waals surface area contributed by atoms with Gasteiger partial charge in [-0.05, 0) is 31.7 Å². The number of nitrogens with one attached hydrogen (secondary N) is 1. The van der Waals surface area contributed by atoms with Crippen LogP contribution in [0.2, 0.25) is 0 Å².